The molecule has 212 valence electrons. The molecular formula is C34H29MoO6-5. The molecule has 0 amide bonds. The van der Waals surface area contributed by atoms with Crippen molar-refractivity contribution in [2.45, 2.75) is 25.7 Å². The average Bonchev–Trinajstić information content (AvgIpc) is 2.93. The third-order valence-corrected chi connectivity index (χ3v) is 6.90. The summed E-state index contributed by atoms with van der Waals surface area (Å²) in [7, 11) is 0. The molecule has 1 aliphatic rings. The van der Waals surface area contributed by atoms with Crippen LogP contribution in [0.25, 0.3) is 0 Å². The molecule has 6 rings (SSSR count). The van der Waals surface area contributed by atoms with E-state index in [4.69, 9.17) is 0 Å². The Morgan fingerprint density at radius 1 is 0.317 bits per heavy atom. The number of benzene rings is 5. The van der Waals surface area contributed by atoms with Crippen LogP contribution in [0.2, 0.25) is 0 Å². The molecule has 5 aromatic rings. The molecule has 0 saturated carbocycles. The molecule has 0 saturated heterocycles. The largest absolute Gasteiger partial charge is 2.00 e. The molecule has 0 fully saturated rings. The minimum Gasteiger partial charge on any atom is -2.00 e. The van der Waals surface area contributed by atoms with E-state index >= 15 is 0 Å². The van der Waals surface area contributed by atoms with Crippen LogP contribution in [0, 0.1) is 0 Å². The molecule has 5 aromatic carbocycles. The van der Waals surface area contributed by atoms with Crippen molar-refractivity contribution in [2.24, 2.45) is 0 Å². The van der Waals surface area contributed by atoms with Gasteiger partial charge in [-0.2, -0.15) is 0 Å². The Labute approximate surface area is 254 Å². The normalized spacial score (nSPS) is 11.3. The standard InChI is InChI=1S/C28H24O4.C6H6.Mo.H2O.O/c29-25-17-5-1-6-18(25)14-20-8-3-10-22(27(20)31)16-24-12-4-11-23(28(24)32)15-21-9-2-7-19(13-17)26(21)30;1-2-4-6-5-3-1;;;/h1-12,29-32H,13-16H2;1-6H;;1H2;/q;;;;-2/p-3. The summed E-state index contributed by atoms with van der Waals surface area (Å²) in [5.74, 6) is -0.551. The Morgan fingerprint density at radius 2 is 0.463 bits per heavy atom. The third kappa shape index (κ3) is 7.56. The van der Waals surface area contributed by atoms with E-state index in [1.54, 1.807) is 72.8 Å². The van der Waals surface area contributed by atoms with Crippen LogP contribution in [0.1, 0.15) is 44.5 Å². The second-order valence-electron chi connectivity index (χ2n) is 9.48. The van der Waals surface area contributed by atoms with Gasteiger partial charge < -0.3 is 31.4 Å². The summed E-state index contributed by atoms with van der Waals surface area (Å²) in [6.07, 6.45) is 0.865. The van der Waals surface area contributed by atoms with Gasteiger partial charge in [0.1, 0.15) is 0 Å². The Kier molecular flexibility index (Phi) is 12.2. The van der Waals surface area contributed by atoms with E-state index in [1.807, 2.05) is 36.4 Å². The van der Waals surface area contributed by atoms with Crippen molar-refractivity contribution in [1.29, 1.82) is 0 Å². The summed E-state index contributed by atoms with van der Waals surface area (Å²) in [5, 5.41) is 52.4. The van der Waals surface area contributed by atoms with E-state index in [-0.39, 0.29) is 80.7 Å². The van der Waals surface area contributed by atoms with Crippen molar-refractivity contribution in [3.8, 4) is 23.0 Å². The molecule has 1 aliphatic carbocycles. The van der Waals surface area contributed by atoms with E-state index in [1.165, 1.54) is 0 Å². The third-order valence-electron chi connectivity index (χ3n) is 6.90. The Morgan fingerprint density at radius 3 is 0.610 bits per heavy atom. The van der Waals surface area contributed by atoms with Gasteiger partial charge in [-0.05, 0) is 25.7 Å². The topological polar surface area (TPSA) is 154 Å². The first-order chi connectivity index (χ1) is 18.5. The maximum absolute atomic E-state index is 13.1. The van der Waals surface area contributed by atoms with Crippen LogP contribution in [0.15, 0.2) is 109 Å². The van der Waals surface area contributed by atoms with Gasteiger partial charge in [-0.3, -0.25) is 0 Å². The van der Waals surface area contributed by atoms with Crippen LogP contribution >= 0.6 is 0 Å². The fourth-order valence-corrected chi connectivity index (χ4v) is 4.87. The summed E-state index contributed by atoms with van der Waals surface area (Å²) in [5.41, 5.74) is 4.21. The summed E-state index contributed by atoms with van der Waals surface area (Å²) in [4.78, 5) is 0. The van der Waals surface area contributed by atoms with Crippen molar-refractivity contribution in [3.05, 3.63) is 154 Å². The summed E-state index contributed by atoms with van der Waals surface area (Å²) >= 11 is 0. The van der Waals surface area contributed by atoms with Gasteiger partial charge >= 0.3 is 0 Å². The van der Waals surface area contributed by atoms with E-state index < -0.39 is 0 Å². The van der Waals surface area contributed by atoms with Crippen molar-refractivity contribution >= 4 is 0 Å². The molecule has 6 nitrogen and oxygen atoms in total. The molecule has 0 aromatic heterocycles. The van der Waals surface area contributed by atoms with Crippen LogP contribution in [0.4, 0.5) is 0 Å². The van der Waals surface area contributed by atoms with Crippen LogP contribution < -0.4 is 20.4 Å². The monoisotopic (exact) mass is 631 g/mol. The van der Waals surface area contributed by atoms with Crippen LogP contribution in [0.3, 0.4) is 0 Å². The Balaban J connectivity index is 0.000000584. The molecule has 0 heterocycles. The van der Waals surface area contributed by atoms with Gasteiger partial charge in [0.25, 0.3) is 0 Å². The van der Waals surface area contributed by atoms with E-state index in [2.05, 4.69) is 0 Å². The van der Waals surface area contributed by atoms with E-state index in [0.29, 0.717) is 44.5 Å². The molecule has 8 bridgehead atoms. The molecule has 7 heteroatoms. The average molecular weight is 630 g/mol. The van der Waals surface area contributed by atoms with Gasteiger partial charge in [0.05, 0.1) is 0 Å². The molecule has 0 aliphatic heterocycles. The zero-order chi connectivity index (χ0) is 26.5. The molecule has 0 unspecified atom stereocenters. The van der Waals surface area contributed by atoms with Crippen LogP contribution in [-0.4, -0.2) is 0 Å². The number of para-hydroxylation sites is 4. The number of hydrogen-bond acceptors (Lipinski definition) is 4. The molecule has 0 spiro atoms. The van der Waals surface area contributed by atoms with Crippen molar-refractivity contribution in [2.75, 3.05) is 0 Å². The Hall–Kier alpha value is -4.09. The predicted octanol–water partition coefficient (Wildman–Crippen LogP) is 3.30. The summed E-state index contributed by atoms with van der Waals surface area (Å²) < 4.78 is 0. The van der Waals surface area contributed by atoms with Crippen LogP contribution in [0.5, 0.6) is 23.0 Å². The molecular weight excluding hydrogens is 600 g/mol. The fourth-order valence-electron chi connectivity index (χ4n) is 4.87. The first-order valence-electron chi connectivity index (χ1n) is 12.6. The van der Waals surface area contributed by atoms with Crippen molar-refractivity contribution in [3.63, 3.8) is 0 Å². The smallest absolute Gasteiger partial charge is 0 e. The second kappa shape index (κ2) is 15.1. The van der Waals surface area contributed by atoms with E-state index in [0.717, 1.165) is 0 Å². The zero-order valence-corrected chi connectivity index (χ0v) is 24.3. The van der Waals surface area contributed by atoms with Gasteiger partial charge in [-0.15, -0.1) is 23.0 Å². The SMILES string of the molecule is [Mo].[O-2].[O-]c1c2cccc1Cc1cccc(c1[O-])Cc1cccc(c1[O-])Cc1cccc(c1[O-])C2.[OH3+].c1ccccc1. The molecule has 0 radical (unpaired) electrons. The molecule has 0 atom stereocenters. The number of rotatable bonds is 0. The minimum absolute atomic E-state index is 0. The quantitative estimate of drug-likeness (QED) is 0.187. The zero-order valence-electron chi connectivity index (χ0n) is 22.2. The van der Waals surface area contributed by atoms with Crippen molar-refractivity contribution in [1.82, 2.24) is 0 Å². The first-order valence-corrected chi connectivity index (χ1v) is 12.6. The minimum atomic E-state index is -0.138. The molecule has 41 heavy (non-hydrogen) atoms. The first kappa shape index (κ1) is 33.1. The fraction of sp³-hybridized carbons (Fsp3) is 0.118. The second-order valence-corrected chi connectivity index (χ2v) is 9.48. The predicted molar refractivity (Wildman–Crippen MR) is 147 cm³/mol. The van der Waals surface area contributed by atoms with Crippen molar-refractivity contribution < 1.29 is 52.4 Å². The summed E-state index contributed by atoms with van der Waals surface area (Å²) in [6, 6.07) is 33.0. The number of fused-ring (bicyclic) bond motifs is 8. The molecule has 3 N–H and O–H groups in total. The number of hydrogen-bond donors (Lipinski definition) is 0. The van der Waals surface area contributed by atoms with Gasteiger partial charge in [0.2, 0.25) is 0 Å². The maximum atomic E-state index is 13.1. The Bertz CT molecular complexity index is 1260. The van der Waals surface area contributed by atoms with Gasteiger partial charge in [-0.1, -0.05) is 154 Å². The van der Waals surface area contributed by atoms with Crippen LogP contribution in [-0.2, 0) is 57.7 Å². The van der Waals surface area contributed by atoms with Gasteiger partial charge in [0.15, 0.2) is 0 Å². The van der Waals surface area contributed by atoms with Gasteiger partial charge in [-0.25, -0.2) is 0 Å². The summed E-state index contributed by atoms with van der Waals surface area (Å²) in [6.45, 7) is 0. The van der Waals surface area contributed by atoms with E-state index in [9.17, 15) is 20.4 Å². The maximum Gasteiger partial charge on any atom is 0 e. The van der Waals surface area contributed by atoms with Gasteiger partial charge in [0, 0.05) is 21.1 Å².